The first-order valence-electron chi connectivity index (χ1n) is 6.76. The first-order valence-corrected chi connectivity index (χ1v) is 6.76. The van der Waals surface area contributed by atoms with Crippen molar-refractivity contribution < 1.29 is 28.8 Å². The predicted octanol–water partition coefficient (Wildman–Crippen LogP) is 2.32. The van der Waals surface area contributed by atoms with Gasteiger partial charge in [-0.15, -0.1) is 0 Å². The number of hydrogen-bond donors (Lipinski definition) is 1. The molecular weight excluding hydrogens is 276 g/mol. The third-order valence-corrected chi connectivity index (χ3v) is 2.74. The molecule has 0 atom stereocenters. The van der Waals surface area contributed by atoms with Crippen LogP contribution in [-0.2, 0) is 9.53 Å². The molecular formula is C15H18O6. The Morgan fingerprint density at radius 1 is 1.29 bits per heavy atom. The summed E-state index contributed by atoms with van der Waals surface area (Å²) < 4.78 is 21.5. The molecule has 0 spiro atoms. The van der Waals surface area contributed by atoms with Crippen LogP contribution >= 0.6 is 0 Å². The topological polar surface area (TPSA) is 74.2 Å². The van der Waals surface area contributed by atoms with Gasteiger partial charge in [0.1, 0.15) is 12.4 Å². The zero-order valence-corrected chi connectivity index (χ0v) is 11.8. The number of carboxylic acids is 1. The Kier molecular flexibility index (Phi) is 5.45. The van der Waals surface area contributed by atoms with Gasteiger partial charge in [0.15, 0.2) is 11.5 Å². The molecule has 0 unspecified atom stereocenters. The Morgan fingerprint density at radius 2 is 2.05 bits per heavy atom. The Morgan fingerprint density at radius 3 is 2.76 bits per heavy atom. The first-order chi connectivity index (χ1) is 10.2. The highest BCUT2D eigenvalue weighted by atomic mass is 16.7. The quantitative estimate of drug-likeness (QED) is 0.586. The van der Waals surface area contributed by atoms with Gasteiger partial charge in [0, 0.05) is 24.3 Å². The number of ether oxygens (including phenoxy) is 4. The molecule has 114 valence electrons. The third-order valence-electron chi connectivity index (χ3n) is 2.74. The molecule has 0 amide bonds. The van der Waals surface area contributed by atoms with Crippen molar-refractivity contribution in [3.05, 3.63) is 23.8 Å². The summed E-state index contributed by atoms with van der Waals surface area (Å²) in [7, 11) is 0. The lowest BCUT2D eigenvalue weighted by Crippen LogP contribution is -2.07. The molecule has 1 N–H and O–H groups in total. The van der Waals surface area contributed by atoms with Crippen molar-refractivity contribution in [3.8, 4) is 17.2 Å². The maximum absolute atomic E-state index is 10.6. The van der Waals surface area contributed by atoms with Crippen molar-refractivity contribution in [3.63, 3.8) is 0 Å². The summed E-state index contributed by atoms with van der Waals surface area (Å²) in [6.45, 7) is 3.74. The Labute approximate surface area is 122 Å². The van der Waals surface area contributed by atoms with E-state index in [2.05, 4.69) is 0 Å². The molecule has 0 aromatic heterocycles. The molecule has 2 rings (SSSR count). The van der Waals surface area contributed by atoms with Crippen molar-refractivity contribution in [2.24, 2.45) is 0 Å². The SMILES string of the molecule is CCCOCCOc1cc2c(cc1/C=C/C(=O)O)OCO2. The Bertz CT molecular complexity index is 523. The first kappa shape index (κ1) is 15.2. The predicted molar refractivity (Wildman–Crippen MR) is 75.8 cm³/mol. The molecule has 1 aromatic rings. The van der Waals surface area contributed by atoms with Crippen LogP contribution in [0.2, 0.25) is 0 Å². The number of aliphatic carboxylic acids is 1. The van der Waals surface area contributed by atoms with Crippen LogP contribution in [0.15, 0.2) is 18.2 Å². The van der Waals surface area contributed by atoms with Gasteiger partial charge < -0.3 is 24.1 Å². The second kappa shape index (κ2) is 7.54. The van der Waals surface area contributed by atoms with Crippen molar-refractivity contribution >= 4 is 12.0 Å². The molecule has 0 fully saturated rings. The number of carboxylic acid groups (broad SMARTS) is 1. The molecule has 0 saturated carbocycles. The zero-order valence-electron chi connectivity index (χ0n) is 11.8. The van der Waals surface area contributed by atoms with E-state index >= 15 is 0 Å². The van der Waals surface area contributed by atoms with Crippen molar-refractivity contribution in [1.29, 1.82) is 0 Å². The van der Waals surface area contributed by atoms with E-state index in [1.54, 1.807) is 12.1 Å². The lowest BCUT2D eigenvalue weighted by Gasteiger charge is -2.10. The second-order valence-corrected chi connectivity index (χ2v) is 4.38. The summed E-state index contributed by atoms with van der Waals surface area (Å²) in [5.41, 5.74) is 0.622. The van der Waals surface area contributed by atoms with E-state index in [0.29, 0.717) is 42.6 Å². The Balaban J connectivity index is 2.07. The summed E-state index contributed by atoms with van der Waals surface area (Å²) in [6.07, 6.45) is 3.47. The molecule has 0 radical (unpaired) electrons. The van der Waals surface area contributed by atoms with Gasteiger partial charge in [-0.3, -0.25) is 0 Å². The fraction of sp³-hybridized carbons (Fsp3) is 0.400. The minimum atomic E-state index is -1.02. The van der Waals surface area contributed by atoms with E-state index in [0.717, 1.165) is 12.5 Å². The van der Waals surface area contributed by atoms with E-state index in [9.17, 15) is 4.79 Å². The van der Waals surface area contributed by atoms with Crippen LogP contribution in [0.3, 0.4) is 0 Å². The van der Waals surface area contributed by atoms with Crippen LogP contribution in [0.5, 0.6) is 17.2 Å². The van der Waals surface area contributed by atoms with Gasteiger partial charge in [-0.2, -0.15) is 0 Å². The van der Waals surface area contributed by atoms with E-state index in [1.807, 2.05) is 6.92 Å². The number of fused-ring (bicyclic) bond motifs is 1. The van der Waals surface area contributed by atoms with Crippen LogP contribution in [0.4, 0.5) is 0 Å². The molecule has 1 heterocycles. The molecule has 1 aliphatic rings. The van der Waals surface area contributed by atoms with Crippen LogP contribution in [-0.4, -0.2) is 37.7 Å². The number of hydrogen-bond acceptors (Lipinski definition) is 5. The Hall–Kier alpha value is -2.21. The molecule has 1 aromatic carbocycles. The average molecular weight is 294 g/mol. The molecule has 21 heavy (non-hydrogen) atoms. The molecule has 0 saturated heterocycles. The van der Waals surface area contributed by atoms with Gasteiger partial charge in [-0.1, -0.05) is 6.92 Å². The van der Waals surface area contributed by atoms with Crippen molar-refractivity contribution in [2.45, 2.75) is 13.3 Å². The molecule has 0 bridgehead atoms. The summed E-state index contributed by atoms with van der Waals surface area (Å²) in [6, 6.07) is 3.40. The number of rotatable bonds is 8. The van der Waals surface area contributed by atoms with E-state index < -0.39 is 5.97 Å². The standard InChI is InChI=1S/C15H18O6/c1-2-5-18-6-7-19-12-9-14-13(20-10-21-14)8-11(12)3-4-15(16)17/h3-4,8-9H,2,5-7,10H2,1H3,(H,16,17)/b4-3+. The van der Waals surface area contributed by atoms with Gasteiger partial charge in [0.2, 0.25) is 6.79 Å². The van der Waals surface area contributed by atoms with Gasteiger partial charge >= 0.3 is 5.97 Å². The largest absolute Gasteiger partial charge is 0.490 e. The fourth-order valence-corrected chi connectivity index (χ4v) is 1.81. The van der Waals surface area contributed by atoms with E-state index in [4.69, 9.17) is 24.1 Å². The second-order valence-electron chi connectivity index (χ2n) is 4.38. The lowest BCUT2D eigenvalue weighted by atomic mass is 10.1. The normalized spacial score (nSPS) is 12.8. The van der Waals surface area contributed by atoms with Gasteiger partial charge in [-0.25, -0.2) is 4.79 Å². The van der Waals surface area contributed by atoms with Crippen LogP contribution < -0.4 is 14.2 Å². The van der Waals surface area contributed by atoms with Crippen LogP contribution in [0.25, 0.3) is 6.08 Å². The molecule has 1 aliphatic heterocycles. The molecule has 0 aliphatic carbocycles. The minimum Gasteiger partial charge on any atom is -0.490 e. The summed E-state index contributed by atoms with van der Waals surface area (Å²) in [5, 5.41) is 8.73. The maximum atomic E-state index is 10.6. The van der Waals surface area contributed by atoms with E-state index in [1.165, 1.54) is 6.08 Å². The van der Waals surface area contributed by atoms with Crippen LogP contribution in [0.1, 0.15) is 18.9 Å². The molecule has 6 heteroatoms. The van der Waals surface area contributed by atoms with Crippen molar-refractivity contribution in [1.82, 2.24) is 0 Å². The third kappa shape index (κ3) is 4.39. The molecule has 6 nitrogen and oxygen atoms in total. The fourth-order valence-electron chi connectivity index (χ4n) is 1.81. The number of carbonyl (C=O) groups is 1. The summed E-state index contributed by atoms with van der Waals surface area (Å²) in [5.74, 6) is 0.684. The number of benzene rings is 1. The zero-order chi connectivity index (χ0) is 15.1. The highest BCUT2D eigenvalue weighted by Crippen LogP contribution is 2.38. The smallest absolute Gasteiger partial charge is 0.328 e. The summed E-state index contributed by atoms with van der Waals surface area (Å²) >= 11 is 0. The minimum absolute atomic E-state index is 0.153. The summed E-state index contributed by atoms with van der Waals surface area (Å²) in [4.78, 5) is 10.6. The highest BCUT2D eigenvalue weighted by molar-refractivity contribution is 5.86. The van der Waals surface area contributed by atoms with Gasteiger partial charge in [0.05, 0.1) is 6.61 Å². The monoisotopic (exact) mass is 294 g/mol. The van der Waals surface area contributed by atoms with Gasteiger partial charge in [-0.05, 0) is 18.6 Å². The van der Waals surface area contributed by atoms with Crippen molar-refractivity contribution in [2.75, 3.05) is 26.6 Å². The maximum Gasteiger partial charge on any atom is 0.328 e. The van der Waals surface area contributed by atoms with Gasteiger partial charge in [0.25, 0.3) is 0 Å². The lowest BCUT2D eigenvalue weighted by molar-refractivity contribution is -0.131. The van der Waals surface area contributed by atoms with E-state index in [-0.39, 0.29) is 6.79 Å². The highest BCUT2D eigenvalue weighted by Gasteiger charge is 2.17. The van der Waals surface area contributed by atoms with Crippen LogP contribution in [0, 0.1) is 0 Å². The average Bonchev–Trinajstić information content (AvgIpc) is 2.91.